The lowest BCUT2D eigenvalue weighted by Crippen LogP contribution is -2.41. The molecule has 0 unspecified atom stereocenters. The minimum Gasteiger partial charge on any atom is -0.367 e. The largest absolute Gasteiger partial charge is 0.367 e. The fourth-order valence-corrected chi connectivity index (χ4v) is 3.19. The monoisotopic (exact) mass is 318 g/mol. The molecule has 3 heteroatoms. The van der Waals surface area contributed by atoms with E-state index in [9.17, 15) is 0 Å². The number of halogens is 1. The molecule has 1 saturated carbocycles. The standard InChI is InChI=1S/C16H19BrN2/c1-12-11-16(14-7-2-3-8-15(14)18-12)19(10-9-17)13-5-4-6-13/h2-3,7-8,11,13H,4-6,9-10H2,1H3. The highest BCUT2D eigenvalue weighted by Gasteiger charge is 2.26. The van der Waals surface area contributed by atoms with Crippen molar-refractivity contribution in [2.75, 3.05) is 16.8 Å². The van der Waals surface area contributed by atoms with Crippen molar-refractivity contribution in [2.24, 2.45) is 0 Å². The van der Waals surface area contributed by atoms with E-state index in [0.717, 1.165) is 23.1 Å². The first-order valence-electron chi connectivity index (χ1n) is 6.98. The molecule has 2 nitrogen and oxygen atoms in total. The molecule has 19 heavy (non-hydrogen) atoms. The second kappa shape index (κ2) is 5.49. The molecule has 0 atom stereocenters. The number of alkyl halides is 1. The number of rotatable bonds is 4. The zero-order valence-electron chi connectivity index (χ0n) is 11.3. The zero-order valence-corrected chi connectivity index (χ0v) is 12.9. The van der Waals surface area contributed by atoms with E-state index >= 15 is 0 Å². The Morgan fingerprint density at radius 2 is 2.11 bits per heavy atom. The van der Waals surface area contributed by atoms with Crippen molar-refractivity contribution in [1.29, 1.82) is 0 Å². The van der Waals surface area contributed by atoms with Crippen molar-refractivity contribution in [3.63, 3.8) is 0 Å². The number of nitrogens with zero attached hydrogens (tertiary/aromatic N) is 2. The molecule has 2 aromatic rings. The predicted octanol–water partition coefficient (Wildman–Crippen LogP) is 4.30. The summed E-state index contributed by atoms with van der Waals surface area (Å²) in [5.74, 6) is 0. The lowest BCUT2D eigenvalue weighted by atomic mass is 9.90. The van der Waals surface area contributed by atoms with Crippen molar-refractivity contribution in [3.05, 3.63) is 36.0 Å². The maximum atomic E-state index is 4.64. The first-order valence-corrected chi connectivity index (χ1v) is 8.11. The fourth-order valence-electron chi connectivity index (χ4n) is 2.81. The van der Waals surface area contributed by atoms with Crippen LogP contribution in [0.2, 0.25) is 0 Å². The lowest BCUT2D eigenvalue weighted by Gasteiger charge is -2.39. The van der Waals surface area contributed by atoms with Gasteiger partial charge in [0.2, 0.25) is 0 Å². The van der Waals surface area contributed by atoms with E-state index in [1.165, 1.54) is 30.3 Å². The molecule has 1 fully saturated rings. The summed E-state index contributed by atoms with van der Waals surface area (Å²) in [7, 11) is 0. The quantitative estimate of drug-likeness (QED) is 0.781. The first kappa shape index (κ1) is 12.9. The zero-order chi connectivity index (χ0) is 13.2. The van der Waals surface area contributed by atoms with Gasteiger partial charge in [-0.15, -0.1) is 0 Å². The van der Waals surface area contributed by atoms with Crippen LogP contribution in [0.3, 0.4) is 0 Å². The van der Waals surface area contributed by atoms with Crippen molar-refractivity contribution in [3.8, 4) is 0 Å². The second-order valence-corrected chi connectivity index (χ2v) is 6.06. The van der Waals surface area contributed by atoms with Crippen LogP contribution < -0.4 is 4.90 Å². The second-order valence-electron chi connectivity index (χ2n) is 5.27. The molecule has 0 radical (unpaired) electrons. The Morgan fingerprint density at radius 1 is 1.32 bits per heavy atom. The van der Waals surface area contributed by atoms with Gasteiger partial charge in [-0.25, -0.2) is 0 Å². The average molecular weight is 319 g/mol. The summed E-state index contributed by atoms with van der Waals surface area (Å²) in [6.45, 7) is 3.15. The molecule has 1 aliphatic rings. The van der Waals surface area contributed by atoms with E-state index in [2.05, 4.69) is 63.1 Å². The van der Waals surface area contributed by atoms with Gasteiger partial charge < -0.3 is 4.90 Å². The third kappa shape index (κ3) is 2.48. The van der Waals surface area contributed by atoms with Gasteiger partial charge in [0, 0.05) is 34.7 Å². The van der Waals surface area contributed by atoms with E-state index in [1.807, 2.05) is 0 Å². The molecule has 0 bridgehead atoms. The van der Waals surface area contributed by atoms with Gasteiger partial charge in [-0.1, -0.05) is 34.1 Å². The number of fused-ring (bicyclic) bond motifs is 1. The molecule has 1 aromatic carbocycles. The maximum absolute atomic E-state index is 4.64. The molecular weight excluding hydrogens is 300 g/mol. The number of hydrogen-bond acceptors (Lipinski definition) is 2. The van der Waals surface area contributed by atoms with Crippen molar-refractivity contribution in [2.45, 2.75) is 32.2 Å². The number of benzene rings is 1. The summed E-state index contributed by atoms with van der Waals surface area (Å²) in [5, 5.41) is 2.29. The fraction of sp³-hybridized carbons (Fsp3) is 0.438. The van der Waals surface area contributed by atoms with Gasteiger partial charge in [0.05, 0.1) is 5.52 Å². The summed E-state index contributed by atoms with van der Waals surface area (Å²) in [5.41, 5.74) is 3.57. The van der Waals surface area contributed by atoms with Gasteiger partial charge in [-0.3, -0.25) is 4.98 Å². The predicted molar refractivity (Wildman–Crippen MR) is 85.3 cm³/mol. The number of para-hydroxylation sites is 1. The highest BCUT2D eigenvalue weighted by Crippen LogP contribution is 2.34. The van der Waals surface area contributed by atoms with Crippen molar-refractivity contribution < 1.29 is 0 Å². The number of aromatic nitrogens is 1. The van der Waals surface area contributed by atoms with Gasteiger partial charge in [-0.05, 0) is 38.3 Å². The van der Waals surface area contributed by atoms with Crippen LogP contribution in [0.1, 0.15) is 25.0 Å². The van der Waals surface area contributed by atoms with Crippen LogP contribution in [-0.2, 0) is 0 Å². The third-order valence-electron chi connectivity index (χ3n) is 3.97. The highest BCUT2D eigenvalue weighted by atomic mass is 79.9. The molecule has 3 rings (SSSR count). The smallest absolute Gasteiger partial charge is 0.0726 e. The van der Waals surface area contributed by atoms with E-state index < -0.39 is 0 Å². The van der Waals surface area contributed by atoms with E-state index in [1.54, 1.807) is 0 Å². The molecule has 0 N–H and O–H groups in total. The van der Waals surface area contributed by atoms with Crippen LogP contribution in [0.15, 0.2) is 30.3 Å². The average Bonchev–Trinajstić information content (AvgIpc) is 2.35. The summed E-state index contributed by atoms with van der Waals surface area (Å²) in [6.07, 6.45) is 4.01. The van der Waals surface area contributed by atoms with Crippen LogP contribution in [0.5, 0.6) is 0 Å². The third-order valence-corrected chi connectivity index (χ3v) is 4.33. The summed E-state index contributed by atoms with van der Waals surface area (Å²) in [4.78, 5) is 7.21. The van der Waals surface area contributed by atoms with E-state index in [4.69, 9.17) is 0 Å². The molecule has 1 aliphatic carbocycles. The van der Waals surface area contributed by atoms with Crippen LogP contribution in [0.4, 0.5) is 5.69 Å². The molecule has 0 aliphatic heterocycles. The molecular formula is C16H19BrN2. The van der Waals surface area contributed by atoms with Crippen LogP contribution in [0.25, 0.3) is 10.9 Å². The minimum atomic E-state index is 0.711. The van der Waals surface area contributed by atoms with Crippen LogP contribution in [0, 0.1) is 6.92 Å². The molecule has 100 valence electrons. The molecule has 0 spiro atoms. The van der Waals surface area contributed by atoms with Crippen molar-refractivity contribution in [1.82, 2.24) is 4.98 Å². The van der Waals surface area contributed by atoms with Crippen LogP contribution in [-0.4, -0.2) is 22.9 Å². The van der Waals surface area contributed by atoms with Crippen LogP contribution >= 0.6 is 15.9 Å². The van der Waals surface area contributed by atoms with Gasteiger partial charge >= 0.3 is 0 Å². The van der Waals surface area contributed by atoms with Gasteiger partial charge in [0.1, 0.15) is 0 Å². The normalized spacial score (nSPS) is 15.5. The Balaban J connectivity index is 2.10. The Labute approximate surface area is 123 Å². The highest BCUT2D eigenvalue weighted by molar-refractivity contribution is 9.09. The van der Waals surface area contributed by atoms with E-state index in [0.29, 0.717) is 6.04 Å². The molecule has 0 amide bonds. The number of pyridine rings is 1. The summed E-state index contributed by atoms with van der Waals surface area (Å²) in [6, 6.07) is 11.4. The summed E-state index contributed by atoms with van der Waals surface area (Å²) >= 11 is 3.59. The number of hydrogen-bond donors (Lipinski definition) is 0. The molecule has 0 saturated heterocycles. The molecule has 1 aromatic heterocycles. The Morgan fingerprint density at radius 3 is 2.79 bits per heavy atom. The van der Waals surface area contributed by atoms with Crippen molar-refractivity contribution >= 4 is 32.5 Å². The Bertz CT molecular complexity index is 578. The maximum Gasteiger partial charge on any atom is 0.0726 e. The lowest BCUT2D eigenvalue weighted by molar-refractivity contribution is 0.391. The van der Waals surface area contributed by atoms with E-state index in [-0.39, 0.29) is 0 Å². The topological polar surface area (TPSA) is 16.1 Å². The first-order chi connectivity index (χ1) is 9.29. The van der Waals surface area contributed by atoms with Gasteiger partial charge in [0.15, 0.2) is 0 Å². The Hall–Kier alpha value is -1.09. The Kier molecular flexibility index (Phi) is 3.74. The van der Waals surface area contributed by atoms with Gasteiger partial charge in [0.25, 0.3) is 0 Å². The number of anilines is 1. The number of aryl methyl sites for hydroxylation is 1. The molecule has 1 heterocycles. The van der Waals surface area contributed by atoms with Gasteiger partial charge in [-0.2, -0.15) is 0 Å². The summed E-state index contributed by atoms with van der Waals surface area (Å²) < 4.78 is 0. The SMILES string of the molecule is Cc1cc(N(CCBr)C2CCC2)c2ccccc2n1. The minimum absolute atomic E-state index is 0.711.